The minimum Gasteiger partial charge on any atom is -0.497 e. The van der Waals surface area contributed by atoms with Gasteiger partial charge in [-0.1, -0.05) is 25.5 Å². The van der Waals surface area contributed by atoms with E-state index in [4.69, 9.17) is 4.74 Å². The van der Waals surface area contributed by atoms with Gasteiger partial charge in [0, 0.05) is 23.1 Å². The molecule has 2 aromatic rings. The molecule has 25 heavy (non-hydrogen) atoms. The summed E-state index contributed by atoms with van der Waals surface area (Å²) in [6, 6.07) is 6.09. The molecule has 4 nitrogen and oxygen atoms in total. The largest absolute Gasteiger partial charge is 0.497 e. The molecule has 0 saturated carbocycles. The molecule has 3 rings (SSSR count). The lowest BCUT2D eigenvalue weighted by Gasteiger charge is -2.33. The van der Waals surface area contributed by atoms with E-state index in [1.807, 2.05) is 24.4 Å². The number of rotatable bonds is 4. The van der Waals surface area contributed by atoms with E-state index in [1.54, 1.807) is 7.11 Å². The fourth-order valence-corrected chi connectivity index (χ4v) is 3.56. The fourth-order valence-electron chi connectivity index (χ4n) is 3.56. The zero-order chi connectivity index (χ0) is 18.0. The van der Waals surface area contributed by atoms with Gasteiger partial charge >= 0.3 is 0 Å². The number of hydrogen-bond acceptors (Lipinski definition) is 2. The molecule has 1 aliphatic carbocycles. The van der Waals surface area contributed by atoms with Crippen LogP contribution in [0.2, 0.25) is 0 Å². The van der Waals surface area contributed by atoms with Gasteiger partial charge in [0.2, 0.25) is 5.91 Å². The van der Waals surface area contributed by atoms with Crippen LogP contribution < -0.4 is 10.1 Å². The molecule has 1 amide bonds. The Morgan fingerprint density at radius 2 is 2.20 bits per heavy atom. The molecule has 1 aromatic carbocycles. The van der Waals surface area contributed by atoms with E-state index >= 15 is 0 Å². The highest BCUT2D eigenvalue weighted by atomic mass is 16.5. The lowest BCUT2D eigenvalue weighted by Crippen LogP contribution is -2.45. The monoisotopic (exact) mass is 340 g/mol. The number of benzene rings is 1. The first kappa shape index (κ1) is 17.6. The second kappa shape index (κ2) is 6.95. The van der Waals surface area contributed by atoms with Crippen molar-refractivity contribution in [1.29, 1.82) is 0 Å². The maximum atomic E-state index is 12.7. The molecule has 1 aliphatic rings. The van der Waals surface area contributed by atoms with Gasteiger partial charge in [-0.2, -0.15) is 0 Å². The van der Waals surface area contributed by atoms with Crippen LogP contribution in [0.5, 0.6) is 5.75 Å². The van der Waals surface area contributed by atoms with Crippen LogP contribution in [0.15, 0.2) is 36.0 Å². The van der Waals surface area contributed by atoms with Crippen LogP contribution in [0, 0.1) is 5.41 Å². The Bertz CT molecular complexity index is 801. The molecule has 0 aliphatic heterocycles. The number of amides is 1. The summed E-state index contributed by atoms with van der Waals surface area (Å²) in [5.74, 6) is 0.890. The molecule has 0 bridgehead atoms. The summed E-state index contributed by atoms with van der Waals surface area (Å²) in [5.41, 5.74) is 3.54. The smallest absolute Gasteiger partial charge is 0.224 e. The van der Waals surface area contributed by atoms with Gasteiger partial charge in [0.1, 0.15) is 5.75 Å². The van der Waals surface area contributed by atoms with Gasteiger partial charge in [-0.15, -0.1) is 0 Å². The van der Waals surface area contributed by atoms with Gasteiger partial charge in [-0.05, 0) is 55.4 Å². The number of ether oxygens (including phenoxy) is 1. The van der Waals surface area contributed by atoms with Gasteiger partial charge in [-0.3, -0.25) is 4.79 Å². The highest BCUT2D eigenvalue weighted by molar-refractivity contribution is 5.89. The van der Waals surface area contributed by atoms with Crippen LogP contribution >= 0.6 is 0 Å². The molecule has 0 radical (unpaired) electrons. The molecule has 2 N–H and O–H groups in total. The third-order valence-electron chi connectivity index (χ3n) is 5.41. The van der Waals surface area contributed by atoms with E-state index in [2.05, 4.69) is 37.1 Å². The van der Waals surface area contributed by atoms with Crippen molar-refractivity contribution in [1.82, 2.24) is 10.3 Å². The summed E-state index contributed by atoms with van der Waals surface area (Å²) in [5, 5.41) is 4.33. The second-order valence-electron chi connectivity index (χ2n) is 7.80. The second-order valence-corrected chi connectivity index (χ2v) is 7.80. The molecule has 4 heteroatoms. The minimum absolute atomic E-state index is 0.0802. The van der Waals surface area contributed by atoms with E-state index in [0.29, 0.717) is 6.42 Å². The molecular weight excluding hydrogens is 312 g/mol. The number of carbonyl (C=O) groups is 1. The lowest BCUT2D eigenvalue weighted by molar-refractivity contribution is -0.122. The van der Waals surface area contributed by atoms with Crippen LogP contribution in [0.25, 0.3) is 10.9 Å². The summed E-state index contributed by atoms with van der Waals surface area (Å²) in [7, 11) is 1.66. The van der Waals surface area contributed by atoms with Crippen LogP contribution in [0.1, 0.15) is 45.6 Å². The van der Waals surface area contributed by atoms with Gasteiger partial charge < -0.3 is 15.0 Å². The first-order valence-corrected chi connectivity index (χ1v) is 8.98. The average Bonchev–Trinajstić information content (AvgIpc) is 2.92. The Hall–Kier alpha value is -2.23. The number of hydrogen-bond donors (Lipinski definition) is 2. The molecule has 0 spiro atoms. The highest BCUT2D eigenvalue weighted by Gasteiger charge is 2.31. The quantitative estimate of drug-likeness (QED) is 0.813. The zero-order valence-corrected chi connectivity index (χ0v) is 15.6. The molecule has 1 aromatic heterocycles. The van der Waals surface area contributed by atoms with Crippen LogP contribution in [0.3, 0.4) is 0 Å². The van der Waals surface area contributed by atoms with Crippen LogP contribution in [0.4, 0.5) is 0 Å². The Labute approximate surface area is 149 Å². The fraction of sp³-hybridized carbons (Fsp3) is 0.476. The standard InChI is InChI=1S/C21H28N2O2/c1-14-5-8-19(21(2,3)10-9-14)23-20(24)11-15-13-22-18-7-6-16(25-4)12-17(15)18/h6-7,9,12-13,19,22H,5,8,10-11H2,1-4H3,(H,23,24). The topological polar surface area (TPSA) is 54.1 Å². The number of methoxy groups -OCH3 is 1. The van der Waals surface area contributed by atoms with E-state index < -0.39 is 0 Å². The van der Waals surface area contributed by atoms with Crippen molar-refractivity contribution in [2.75, 3.05) is 7.11 Å². The number of carbonyl (C=O) groups excluding carboxylic acids is 1. The molecule has 0 saturated heterocycles. The summed E-state index contributed by atoms with van der Waals surface area (Å²) < 4.78 is 5.30. The van der Waals surface area contributed by atoms with Crippen molar-refractivity contribution >= 4 is 16.8 Å². The third-order valence-corrected chi connectivity index (χ3v) is 5.41. The van der Waals surface area contributed by atoms with E-state index in [0.717, 1.165) is 41.5 Å². The van der Waals surface area contributed by atoms with E-state index in [-0.39, 0.29) is 17.4 Å². The van der Waals surface area contributed by atoms with Crippen molar-refractivity contribution in [3.63, 3.8) is 0 Å². The molecule has 1 unspecified atom stereocenters. The molecular formula is C21H28N2O2. The van der Waals surface area contributed by atoms with Gasteiger partial charge in [0.15, 0.2) is 0 Å². The number of allylic oxidation sites excluding steroid dienone is 2. The van der Waals surface area contributed by atoms with Crippen molar-refractivity contribution in [3.8, 4) is 5.75 Å². The molecule has 1 heterocycles. The zero-order valence-electron chi connectivity index (χ0n) is 15.6. The SMILES string of the molecule is COc1ccc2[nH]cc(CC(=O)NC3CCC(C)=CCC3(C)C)c2c1. The summed E-state index contributed by atoms with van der Waals surface area (Å²) in [4.78, 5) is 15.9. The normalized spacial score (nSPS) is 20.0. The predicted molar refractivity (Wildman–Crippen MR) is 102 cm³/mol. The number of H-pyrrole nitrogens is 1. The highest BCUT2D eigenvalue weighted by Crippen LogP contribution is 2.33. The number of nitrogens with one attached hydrogen (secondary N) is 2. The van der Waals surface area contributed by atoms with Crippen molar-refractivity contribution in [3.05, 3.63) is 41.6 Å². The van der Waals surface area contributed by atoms with E-state index in [9.17, 15) is 4.79 Å². The summed E-state index contributed by atoms with van der Waals surface area (Å²) in [6.45, 7) is 6.66. The van der Waals surface area contributed by atoms with E-state index in [1.165, 1.54) is 5.57 Å². The first-order valence-electron chi connectivity index (χ1n) is 8.98. The molecule has 1 atom stereocenters. The van der Waals surface area contributed by atoms with Crippen molar-refractivity contribution in [2.45, 2.75) is 52.5 Å². The third kappa shape index (κ3) is 3.89. The summed E-state index contributed by atoms with van der Waals surface area (Å²) in [6.07, 6.45) is 7.69. The minimum atomic E-state index is 0.0802. The lowest BCUT2D eigenvalue weighted by atomic mass is 9.80. The van der Waals surface area contributed by atoms with Crippen molar-refractivity contribution < 1.29 is 9.53 Å². The molecule has 0 fully saturated rings. The number of aromatic nitrogens is 1. The van der Waals surface area contributed by atoms with Crippen LogP contribution in [-0.2, 0) is 11.2 Å². The van der Waals surface area contributed by atoms with Gasteiger partial charge in [0.05, 0.1) is 13.5 Å². The maximum absolute atomic E-state index is 12.7. The number of aromatic amines is 1. The van der Waals surface area contributed by atoms with Gasteiger partial charge in [0.25, 0.3) is 0 Å². The predicted octanol–water partition coefficient (Wildman–Crippen LogP) is 4.36. The maximum Gasteiger partial charge on any atom is 0.224 e. The first-order chi connectivity index (χ1) is 11.9. The van der Waals surface area contributed by atoms with Crippen LogP contribution in [-0.4, -0.2) is 24.0 Å². The van der Waals surface area contributed by atoms with Gasteiger partial charge in [-0.25, -0.2) is 0 Å². The number of fused-ring (bicyclic) bond motifs is 1. The average molecular weight is 340 g/mol. The Balaban J connectivity index is 1.72. The summed E-state index contributed by atoms with van der Waals surface area (Å²) >= 11 is 0. The Morgan fingerprint density at radius 3 is 2.96 bits per heavy atom. The van der Waals surface area contributed by atoms with Crippen molar-refractivity contribution in [2.24, 2.45) is 5.41 Å². The Morgan fingerprint density at radius 1 is 1.40 bits per heavy atom. The Kier molecular flexibility index (Phi) is 4.89. The molecule has 134 valence electrons.